The van der Waals surface area contributed by atoms with Gasteiger partial charge in [-0.15, -0.1) is 0 Å². The van der Waals surface area contributed by atoms with E-state index in [9.17, 15) is 5.11 Å². The van der Waals surface area contributed by atoms with Crippen LogP contribution >= 0.6 is 0 Å². The molecule has 5 nitrogen and oxygen atoms in total. The predicted octanol–water partition coefficient (Wildman–Crippen LogP) is 5.88. The summed E-state index contributed by atoms with van der Waals surface area (Å²) < 4.78 is 7.16. The van der Waals surface area contributed by atoms with E-state index in [0.29, 0.717) is 35.4 Å². The van der Waals surface area contributed by atoms with Gasteiger partial charge in [-0.2, -0.15) is 0 Å². The number of nitrogen functional groups attached to an aromatic ring is 1. The van der Waals surface area contributed by atoms with Crippen LogP contribution in [0.15, 0.2) is 18.3 Å². The summed E-state index contributed by atoms with van der Waals surface area (Å²) in [6.45, 7) is 9.44. The molecule has 2 saturated heterocycles. The lowest BCUT2D eigenvalue weighted by atomic mass is 9.51. The minimum Gasteiger partial charge on any atom is -0.396 e. The molecule has 202 valence electrons. The molecular formula is C31H51N3O2. The van der Waals surface area contributed by atoms with Gasteiger partial charge in [0.1, 0.15) is 5.82 Å². The van der Waals surface area contributed by atoms with E-state index in [-0.39, 0.29) is 23.3 Å². The molecule has 1 aromatic heterocycles. The molecule has 6 rings (SSSR count). The van der Waals surface area contributed by atoms with Crippen LogP contribution in [0.25, 0.3) is 0 Å². The highest BCUT2D eigenvalue weighted by atomic mass is 16.5. The Morgan fingerprint density at radius 3 is 2.56 bits per heavy atom. The van der Waals surface area contributed by atoms with E-state index in [1.807, 2.05) is 12.3 Å². The number of aliphatic hydroxyl groups excluding tert-OH is 1. The Morgan fingerprint density at radius 2 is 1.89 bits per heavy atom. The van der Waals surface area contributed by atoms with Crippen molar-refractivity contribution in [3.63, 3.8) is 0 Å². The van der Waals surface area contributed by atoms with Crippen molar-refractivity contribution in [1.29, 1.82) is 0 Å². The van der Waals surface area contributed by atoms with Crippen LogP contribution < -0.4 is 11.5 Å². The summed E-state index contributed by atoms with van der Waals surface area (Å²) in [6, 6.07) is 4.12. The second-order valence-electron chi connectivity index (χ2n) is 14.5. The zero-order chi connectivity index (χ0) is 25.8. The summed E-state index contributed by atoms with van der Waals surface area (Å²) in [4.78, 5) is 4.39. The normalized spacial score (nSPS) is 41.9. The summed E-state index contributed by atoms with van der Waals surface area (Å²) in [5, 5.41) is 9.93. The quantitative estimate of drug-likeness (QED) is 0.437. The third kappa shape index (κ3) is 4.97. The van der Waals surface area contributed by atoms with Crippen LogP contribution in [0.4, 0.5) is 5.82 Å². The highest BCUT2D eigenvalue weighted by Gasteiger charge is 2.64. The summed E-state index contributed by atoms with van der Waals surface area (Å²) in [7, 11) is 0. The number of nitrogens with two attached hydrogens (primary N) is 2. The molecule has 7 atom stereocenters. The molecule has 2 bridgehead atoms. The highest BCUT2D eigenvalue weighted by molar-refractivity contribution is 5.29. The number of rotatable bonds is 7. The molecule has 3 saturated carbocycles. The third-order valence-electron chi connectivity index (χ3n) is 10.8. The molecule has 2 aliphatic heterocycles. The predicted molar refractivity (Wildman–Crippen MR) is 146 cm³/mol. The largest absolute Gasteiger partial charge is 0.396 e. The Labute approximate surface area is 219 Å². The molecule has 5 fully saturated rings. The van der Waals surface area contributed by atoms with E-state index in [2.05, 4.69) is 38.7 Å². The maximum atomic E-state index is 9.93. The maximum absolute atomic E-state index is 9.93. The van der Waals surface area contributed by atoms with Gasteiger partial charge in [0, 0.05) is 24.3 Å². The summed E-state index contributed by atoms with van der Waals surface area (Å²) in [5.41, 5.74) is 14.0. The van der Waals surface area contributed by atoms with Crippen LogP contribution in [-0.4, -0.2) is 33.4 Å². The molecule has 0 amide bonds. The van der Waals surface area contributed by atoms with E-state index in [1.54, 1.807) is 0 Å². The van der Waals surface area contributed by atoms with Crippen molar-refractivity contribution in [3.05, 3.63) is 23.9 Å². The lowest BCUT2D eigenvalue weighted by molar-refractivity contribution is -0.291. The van der Waals surface area contributed by atoms with E-state index in [0.717, 1.165) is 37.5 Å². The first kappa shape index (κ1) is 26.4. The first-order valence-electron chi connectivity index (χ1n) is 14.8. The van der Waals surface area contributed by atoms with Gasteiger partial charge in [-0.25, -0.2) is 4.98 Å². The number of pyridine rings is 1. The van der Waals surface area contributed by atoms with E-state index < -0.39 is 0 Å². The minimum atomic E-state index is -0.328. The molecule has 5 aliphatic rings. The minimum absolute atomic E-state index is 0.163. The van der Waals surface area contributed by atoms with E-state index in [4.69, 9.17) is 16.2 Å². The highest BCUT2D eigenvalue weighted by Crippen LogP contribution is 2.64. The average Bonchev–Trinajstić information content (AvgIpc) is 3.14. The standard InChI is InChI=1S/C31H51N3O2/c1-21(2)13-22-7-9-29(16-22)17-24(14-23-5-6-27(32)34-19-23)15-25(18-29)31-10-8-26(28(3,4)36-31)30(33,20-31)11-12-35/h5-6,19,21-22,24-26,35H,7-18,20,33H2,1-4H3,(H2,32,34). The van der Waals surface area contributed by atoms with Crippen molar-refractivity contribution in [2.24, 2.45) is 40.7 Å². The van der Waals surface area contributed by atoms with Crippen LogP contribution in [0, 0.1) is 35.0 Å². The Balaban J connectivity index is 1.45. The molecule has 3 heterocycles. The molecule has 0 aromatic carbocycles. The Bertz CT molecular complexity index is 917. The van der Waals surface area contributed by atoms with Crippen LogP contribution in [0.1, 0.15) is 104 Å². The molecule has 1 aromatic rings. The first-order valence-corrected chi connectivity index (χ1v) is 14.8. The van der Waals surface area contributed by atoms with Gasteiger partial charge in [0.2, 0.25) is 0 Å². The number of nitrogens with zero attached hydrogens (tertiary/aromatic N) is 1. The van der Waals surface area contributed by atoms with E-state index >= 15 is 0 Å². The van der Waals surface area contributed by atoms with Crippen molar-refractivity contribution in [2.75, 3.05) is 12.3 Å². The van der Waals surface area contributed by atoms with Gasteiger partial charge in [-0.3, -0.25) is 0 Å². The molecule has 5 heteroatoms. The van der Waals surface area contributed by atoms with Crippen LogP contribution in [-0.2, 0) is 11.2 Å². The summed E-state index contributed by atoms with van der Waals surface area (Å²) in [5.74, 6) is 3.71. The molecule has 0 radical (unpaired) electrons. The number of hydrogen-bond acceptors (Lipinski definition) is 5. The van der Waals surface area contributed by atoms with Gasteiger partial charge in [0.15, 0.2) is 0 Å². The number of anilines is 1. The third-order valence-corrected chi connectivity index (χ3v) is 10.8. The zero-order valence-corrected chi connectivity index (χ0v) is 23.3. The van der Waals surface area contributed by atoms with Crippen LogP contribution in [0.2, 0.25) is 0 Å². The zero-order valence-electron chi connectivity index (χ0n) is 23.3. The fourth-order valence-electron chi connectivity index (χ4n) is 9.87. The topological polar surface area (TPSA) is 94.4 Å². The average molecular weight is 498 g/mol. The number of fused-ring (bicyclic) bond motifs is 3. The molecule has 36 heavy (non-hydrogen) atoms. The monoisotopic (exact) mass is 497 g/mol. The summed E-state index contributed by atoms with van der Waals surface area (Å²) in [6.07, 6.45) is 16.2. The fourth-order valence-corrected chi connectivity index (χ4v) is 9.87. The Morgan fingerprint density at radius 1 is 1.11 bits per heavy atom. The fraction of sp³-hybridized carbons (Fsp3) is 0.839. The van der Waals surface area contributed by atoms with Gasteiger partial charge >= 0.3 is 0 Å². The molecule has 1 spiro atoms. The van der Waals surface area contributed by atoms with Crippen molar-refractivity contribution < 1.29 is 9.84 Å². The van der Waals surface area contributed by atoms with E-state index in [1.165, 1.54) is 50.5 Å². The lowest BCUT2D eigenvalue weighted by Crippen LogP contribution is -2.72. The van der Waals surface area contributed by atoms with Crippen molar-refractivity contribution in [2.45, 2.75) is 121 Å². The molecule has 3 aliphatic carbocycles. The second kappa shape index (κ2) is 9.54. The van der Waals surface area contributed by atoms with Crippen LogP contribution in [0.5, 0.6) is 0 Å². The smallest absolute Gasteiger partial charge is 0.123 e. The Kier molecular flexibility index (Phi) is 7.00. The van der Waals surface area contributed by atoms with Crippen molar-refractivity contribution in [3.8, 4) is 0 Å². The van der Waals surface area contributed by atoms with Gasteiger partial charge < -0.3 is 21.3 Å². The van der Waals surface area contributed by atoms with Gasteiger partial charge in [0.25, 0.3) is 0 Å². The van der Waals surface area contributed by atoms with Gasteiger partial charge in [-0.05, 0) is 132 Å². The number of hydrogen-bond donors (Lipinski definition) is 3. The van der Waals surface area contributed by atoms with Crippen molar-refractivity contribution >= 4 is 5.82 Å². The first-order chi connectivity index (χ1) is 17.0. The van der Waals surface area contributed by atoms with Gasteiger partial charge in [-0.1, -0.05) is 19.9 Å². The van der Waals surface area contributed by atoms with Crippen molar-refractivity contribution in [1.82, 2.24) is 4.98 Å². The number of aliphatic hydroxyl groups is 1. The molecular weight excluding hydrogens is 446 g/mol. The SMILES string of the molecule is CC(C)CC1CCC2(C1)CC(Cc1ccc(N)nc1)CC(C13CCC(C(N)(CCO)C1)C(C)(C)O3)C2. The lowest BCUT2D eigenvalue weighted by Gasteiger charge is -2.66. The van der Waals surface area contributed by atoms with Gasteiger partial charge in [0.05, 0.1) is 11.2 Å². The summed E-state index contributed by atoms with van der Waals surface area (Å²) >= 11 is 0. The Hall–Kier alpha value is -1.17. The second-order valence-corrected chi connectivity index (χ2v) is 14.5. The number of ether oxygens (including phenoxy) is 1. The number of aromatic nitrogens is 1. The molecule has 7 unspecified atom stereocenters. The molecule has 5 N–H and O–H groups in total. The van der Waals surface area contributed by atoms with Crippen LogP contribution in [0.3, 0.4) is 0 Å². The maximum Gasteiger partial charge on any atom is 0.123 e.